The fourth-order valence-corrected chi connectivity index (χ4v) is 10.4. The summed E-state index contributed by atoms with van der Waals surface area (Å²) in [6.45, 7) is 12.9. The Morgan fingerprint density at radius 2 is 0.863 bits per heavy atom. The van der Waals surface area contributed by atoms with Crippen molar-refractivity contribution >= 4 is 35.1 Å². The summed E-state index contributed by atoms with van der Waals surface area (Å²) in [6.07, 6.45) is 11.6. The molecule has 0 aliphatic heterocycles. The molecule has 0 unspecified atom stereocenters. The average Bonchev–Trinajstić information content (AvgIpc) is 3.51. The molecule has 0 atom stereocenters. The van der Waals surface area contributed by atoms with Crippen molar-refractivity contribution < 1.29 is 38.1 Å². The molecule has 0 aromatic heterocycles. The van der Waals surface area contributed by atoms with E-state index < -0.39 is 11.9 Å². The highest BCUT2D eigenvalue weighted by Crippen LogP contribution is 2.39. The third kappa shape index (κ3) is 16.5. The normalized spacial score (nSPS) is 12.9. The molecular formula is C68H80N4O8. The second-order valence-corrected chi connectivity index (χ2v) is 21.7. The SMILES string of the molecule is CC(C)COc1ccccc1N(CCCNCCc1ccccc1)C(=O)c1ccc2c(c1OC(=O)/C=C/C(=O)Oc1c(C(=O)N(CCCNCCc3ccccc3)c3ccccc3OCC(C)C)ccc3c1CCCC3)CCCC2. The quantitative estimate of drug-likeness (QED) is 0.0212. The van der Waals surface area contributed by atoms with E-state index in [1.54, 1.807) is 21.9 Å². The second kappa shape index (κ2) is 30.2. The van der Waals surface area contributed by atoms with Crippen LogP contribution in [0.25, 0.3) is 0 Å². The lowest BCUT2D eigenvalue weighted by Crippen LogP contribution is -2.35. The number of esters is 2. The number of ether oxygens (including phenoxy) is 4. The first-order valence-corrected chi connectivity index (χ1v) is 29.0. The van der Waals surface area contributed by atoms with Gasteiger partial charge in [-0.3, -0.25) is 9.59 Å². The molecular weight excluding hydrogens is 1000 g/mol. The van der Waals surface area contributed by atoms with E-state index in [0.29, 0.717) is 87.9 Å². The Kier molecular flexibility index (Phi) is 22.1. The minimum Gasteiger partial charge on any atom is -0.491 e. The third-order valence-corrected chi connectivity index (χ3v) is 14.5. The van der Waals surface area contributed by atoms with Gasteiger partial charge in [0.2, 0.25) is 0 Å². The molecule has 0 saturated carbocycles. The monoisotopic (exact) mass is 1080 g/mol. The number of para-hydroxylation sites is 4. The molecule has 2 N–H and O–H groups in total. The Hall–Kier alpha value is -7.54. The Morgan fingerprint density at radius 1 is 0.475 bits per heavy atom. The second-order valence-electron chi connectivity index (χ2n) is 21.7. The van der Waals surface area contributed by atoms with E-state index in [2.05, 4.69) is 62.6 Å². The molecule has 0 spiro atoms. The predicted molar refractivity (Wildman–Crippen MR) is 319 cm³/mol. The zero-order chi connectivity index (χ0) is 56.1. The molecule has 2 aliphatic carbocycles. The topological polar surface area (TPSA) is 136 Å². The van der Waals surface area contributed by atoms with Crippen molar-refractivity contribution in [3.63, 3.8) is 0 Å². The van der Waals surface area contributed by atoms with Gasteiger partial charge in [-0.15, -0.1) is 0 Å². The highest BCUT2D eigenvalue weighted by Gasteiger charge is 2.31. The van der Waals surface area contributed by atoms with Gasteiger partial charge >= 0.3 is 11.9 Å². The number of amides is 2. The number of benzene rings is 6. The lowest BCUT2D eigenvalue weighted by molar-refractivity contribution is -0.131. The standard InChI is InChI=1S/C68H80N4O8/c1-49(2)47-77-61-31-17-15-29-59(61)71(45-19-41-69-43-39-51-21-7-5-8-22-51)67(75)57-35-33-53-25-11-13-27-55(53)65(57)79-63(73)37-38-64(74)80-66-56-28-14-12-26-54(56)34-36-58(66)68(76)72(60-30-16-18-32-62(60)78-48-50(3)4)46-20-42-70-44-40-52-23-9-6-10-24-52/h5-10,15-18,21-24,29-38,49-50,69-70H,11-14,19-20,25-28,39-48H2,1-4H3/b38-37+. The molecule has 0 bridgehead atoms. The van der Waals surface area contributed by atoms with Gasteiger partial charge in [-0.2, -0.15) is 0 Å². The number of hydrogen-bond donors (Lipinski definition) is 2. The van der Waals surface area contributed by atoms with Gasteiger partial charge in [0.05, 0.1) is 35.7 Å². The molecule has 0 heterocycles. The number of carbonyl (C=O) groups is 4. The molecule has 12 heteroatoms. The first-order chi connectivity index (χ1) is 39.0. The van der Waals surface area contributed by atoms with Crippen LogP contribution in [0.5, 0.6) is 23.0 Å². The van der Waals surface area contributed by atoms with Crippen LogP contribution in [0.1, 0.15) is 120 Å². The molecule has 6 aromatic rings. The van der Waals surface area contributed by atoms with E-state index >= 15 is 9.59 Å². The molecule has 2 aliphatic rings. The van der Waals surface area contributed by atoms with Crippen molar-refractivity contribution in [2.45, 2.75) is 105 Å². The molecule has 6 aromatic carbocycles. The summed E-state index contributed by atoms with van der Waals surface area (Å²) in [5.74, 6) is -0.261. The molecule has 420 valence electrons. The maximum Gasteiger partial charge on any atom is 0.336 e. The first-order valence-electron chi connectivity index (χ1n) is 29.0. The maximum atomic E-state index is 15.2. The van der Waals surface area contributed by atoms with Crippen molar-refractivity contribution in [2.24, 2.45) is 11.8 Å². The third-order valence-electron chi connectivity index (χ3n) is 14.5. The number of aryl methyl sites for hydroxylation is 2. The van der Waals surface area contributed by atoms with E-state index in [1.807, 2.05) is 97.1 Å². The van der Waals surface area contributed by atoms with E-state index in [9.17, 15) is 9.59 Å². The molecule has 80 heavy (non-hydrogen) atoms. The Balaban J connectivity index is 1.03. The largest absolute Gasteiger partial charge is 0.491 e. The van der Waals surface area contributed by atoms with Gasteiger partial charge in [0.15, 0.2) is 0 Å². The van der Waals surface area contributed by atoms with E-state index in [0.717, 1.165) is 98.9 Å². The van der Waals surface area contributed by atoms with Crippen LogP contribution in [-0.2, 0) is 48.1 Å². The number of fused-ring (bicyclic) bond motifs is 2. The van der Waals surface area contributed by atoms with Gasteiger partial charge in [-0.25, -0.2) is 9.59 Å². The summed E-state index contributed by atoms with van der Waals surface area (Å²) in [7, 11) is 0. The number of hydrogen-bond acceptors (Lipinski definition) is 10. The summed E-state index contributed by atoms with van der Waals surface area (Å²) >= 11 is 0. The first kappa shape index (κ1) is 58.6. The molecule has 12 nitrogen and oxygen atoms in total. The van der Waals surface area contributed by atoms with Crippen LogP contribution in [0.15, 0.2) is 146 Å². The number of nitrogens with one attached hydrogen (secondary N) is 2. The molecule has 0 fully saturated rings. The summed E-state index contributed by atoms with van der Waals surface area (Å²) in [4.78, 5) is 62.1. The van der Waals surface area contributed by atoms with Crippen LogP contribution in [-0.4, -0.2) is 76.2 Å². The predicted octanol–water partition coefficient (Wildman–Crippen LogP) is 12.3. The van der Waals surface area contributed by atoms with Gasteiger partial charge in [-0.1, -0.05) is 125 Å². The van der Waals surface area contributed by atoms with Crippen LogP contribution in [0, 0.1) is 11.8 Å². The van der Waals surface area contributed by atoms with Crippen molar-refractivity contribution in [2.75, 3.05) is 62.3 Å². The van der Waals surface area contributed by atoms with Crippen molar-refractivity contribution in [1.82, 2.24) is 10.6 Å². The molecule has 8 rings (SSSR count). The van der Waals surface area contributed by atoms with Crippen LogP contribution in [0.4, 0.5) is 11.4 Å². The van der Waals surface area contributed by atoms with Crippen LogP contribution in [0.3, 0.4) is 0 Å². The van der Waals surface area contributed by atoms with Crippen molar-refractivity contribution in [1.29, 1.82) is 0 Å². The van der Waals surface area contributed by atoms with Crippen molar-refractivity contribution in [3.8, 4) is 23.0 Å². The van der Waals surface area contributed by atoms with Crippen LogP contribution < -0.4 is 39.4 Å². The van der Waals surface area contributed by atoms with Crippen molar-refractivity contribution in [3.05, 3.63) is 190 Å². The summed E-state index contributed by atoms with van der Waals surface area (Å²) in [5.41, 5.74) is 7.89. The van der Waals surface area contributed by atoms with Gasteiger partial charge in [0, 0.05) is 25.2 Å². The van der Waals surface area contributed by atoms with Gasteiger partial charge in [0.25, 0.3) is 11.8 Å². The fraction of sp³-hybridized carbons (Fsp3) is 0.382. The zero-order valence-electron chi connectivity index (χ0n) is 47.3. The summed E-state index contributed by atoms with van der Waals surface area (Å²) in [5, 5.41) is 7.08. The Labute approximate surface area is 473 Å². The van der Waals surface area contributed by atoms with E-state index in [4.69, 9.17) is 18.9 Å². The van der Waals surface area contributed by atoms with Gasteiger partial charge in [0.1, 0.15) is 23.0 Å². The smallest absolute Gasteiger partial charge is 0.336 e. The molecule has 0 saturated heterocycles. The fourth-order valence-electron chi connectivity index (χ4n) is 10.4. The van der Waals surface area contributed by atoms with E-state index in [-0.39, 0.29) is 46.3 Å². The Morgan fingerprint density at radius 3 is 1.27 bits per heavy atom. The lowest BCUT2D eigenvalue weighted by atomic mass is 9.89. The highest BCUT2D eigenvalue weighted by atomic mass is 16.5. The number of carbonyl (C=O) groups excluding carboxylic acids is 4. The summed E-state index contributed by atoms with van der Waals surface area (Å²) < 4.78 is 25.1. The average molecular weight is 1080 g/mol. The number of nitrogens with zero attached hydrogens (tertiary/aromatic N) is 2. The zero-order valence-corrected chi connectivity index (χ0v) is 47.3. The van der Waals surface area contributed by atoms with Crippen LogP contribution >= 0.6 is 0 Å². The lowest BCUT2D eigenvalue weighted by Gasteiger charge is -2.28. The van der Waals surface area contributed by atoms with E-state index in [1.165, 1.54) is 11.1 Å². The highest BCUT2D eigenvalue weighted by molar-refractivity contribution is 6.11. The molecule has 0 radical (unpaired) electrons. The number of anilines is 2. The van der Waals surface area contributed by atoms with Gasteiger partial charge in [-0.05, 0) is 185 Å². The summed E-state index contributed by atoms with van der Waals surface area (Å²) in [6, 6.07) is 43.3. The minimum atomic E-state index is -0.835. The van der Waals surface area contributed by atoms with Crippen LogP contribution in [0.2, 0.25) is 0 Å². The number of rotatable bonds is 28. The molecule has 2 amide bonds. The Bertz CT molecular complexity index is 2830. The van der Waals surface area contributed by atoms with Gasteiger partial charge < -0.3 is 39.4 Å². The minimum absolute atomic E-state index is 0.191. The maximum absolute atomic E-state index is 15.2.